The molecule has 0 saturated heterocycles. The molecule has 0 N–H and O–H groups in total. The summed E-state index contributed by atoms with van der Waals surface area (Å²) in [6, 6.07) is 0. The summed E-state index contributed by atoms with van der Waals surface area (Å²) in [5, 5.41) is 0.0995. The quantitative estimate of drug-likeness (QED) is 0.449. The second-order valence-electron chi connectivity index (χ2n) is 3.75. The molecule has 0 spiro atoms. The van der Waals surface area contributed by atoms with Crippen LogP contribution in [0, 0.1) is 20.8 Å². The summed E-state index contributed by atoms with van der Waals surface area (Å²) in [6.45, 7) is 5.33. The predicted octanol–water partition coefficient (Wildman–Crippen LogP) is 4.07. The van der Waals surface area contributed by atoms with Crippen LogP contribution in [0.15, 0.2) is 5.03 Å². The molecule has 1 aromatic rings. The number of pyridine rings is 1. The van der Waals surface area contributed by atoms with Gasteiger partial charge in [0.15, 0.2) is 14.9 Å². The van der Waals surface area contributed by atoms with E-state index in [0.29, 0.717) is 17.0 Å². The van der Waals surface area contributed by atoms with Crippen LogP contribution in [-0.4, -0.2) is 26.8 Å². The fourth-order valence-corrected chi connectivity index (χ4v) is 2.48. The number of aryl methyl sites for hydroxylation is 1. The molecule has 4 nitrogen and oxygen atoms in total. The fraction of sp³-hybridized carbons (Fsp3) is 0.500. The Kier molecular flexibility index (Phi) is 9.75. The van der Waals surface area contributed by atoms with Gasteiger partial charge in [-0.05, 0) is 20.8 Å². The first-order valence-electron chi connectivity index (χ1n) is 5.01. The van der Waals surface area contributed by atoms with Gasteiger partial charge in [-0.15, -0.1) is 0 Å². The molecular formula is C10H15I3NO3SV. The molecule has 0 saturated carbocycles. The van der Waals surface area contributed by atoms with E-state index in [4.69, 9.17) is 4.74 Å². The Balaban J connectivity index is 0.000000711. The van der Waals surface area contributed by atoms with Crippen LogP contribution >= 0.6 is 59.9 Å². The van der Waals surface area contributed by atoms with Gasteiger partial charge in [-0.1, -0.05) is 0 Å². The van der Waals surface area contributed by atoms with Crippen LogP contribution in [0.3, 0.4) is 0 Å². The summed E-state index contributed by atoms with van der Waals surface area (Å²) in [5.41, 5.74) is 2.13. The van der Waals surface area contributed by atoms with Crippen molar-refractivity contribution in [3.05, 3.63) is 16.8 Å². The molecule has 19 heavy (non-hydrogen) atoms. The van der Waals surface area contributed by atoms with Crippen molar-refractivity contribution >= 4 is 69.8 Å². The SMILES string of the molecule is COc1c(C)c(C)nc(S(C)(=O)=O)c1C.[I][V]([I])[I]. The van der Waals surface area contributed by atoms with Crippen molar-refractivity contribution in [2.24, 2.45) is 0 Å². The zero-order valence-electron chi connectivity index (χ0n) is 11.2. The summed E-state index contributed by atoms with van der Waals surface area (Å²) in [7, 11) is -1.77. The standard InChI is InChI=1S/C10H15NO3S.3HI.V/c1-6-8(3)11-10(15(5,12)13)7(2)9(6)14-4;;;;/h1-5H3;3*1H;/q;;;;+3/p-3. The molecule has 0 radical (unpaired) electrons. The van der Waals surface area contributed by atoms with Crippen LogP contribution in [0.4, 0.5) is 0 Å². The van der Waals surface area contributed by atoms with Crippen molar-refractivity contribution in [1.29, 1.82) is 0 Å². The van der Waals surface area contributed by atoms with Crippen molar-refractivity contribution < 1.29 is 18.1 Å². The second-order valence-corrected chi connectivity index (χ2v) is 41.0. The zero-order valence-corrected chi connectivity index (χ0v) is 19.8. The van der Waals surface area contributed by atoms with E-state index < -0.39 is 9.84 Å². The van der Waals surface area contributed by atoms with Gasteiger partial charge in [0.2, 0.25) is 0 Å². The van der Waals surface area contributed by atoms with Gasteiger partial charge in [-0.3, -0.25) is 0 Å². The molecule has 1 aromatic heterocycles. The molecule has 0 amide bonds. The second kappa shape index (κ2) is 8.96. The third-order valence-electron chi connectivity index (χ3n) is 2.37. The number of hydrogen-bond acceptors (Lipinski definition) is 4. The van der Waals surface area contributed by atoms with Gasteiger partial charge in [-0.25, -0.2) is 13.4 Å². The van der Waals surface area contributed by atoms with Crippen molar-refractivity contribution in [2.45, 2.75) is 25.8 Å². The summed E-state index contributed by atoms with van der Waals surface area (Å²) in [6.07, 6.45) is 1.15. The fourth-order valence-electron chi connectivity index (χ4n) is 1.53. The van der Waals surface area contributed by atoms with Gasteiger partial charge in [-0.2, -0.15) is 0 Å². The number of ether oxygens (including phenoxy) is 1. The number of aromatic nitrogens is 1. The molecule has 0 unspecified atom stereocenters. The Morgan fingerprint density at radius 1 is 1.11 bits per heavy atom. The van der Waals surface area contributed by atoms with Crippen LogP contribution in [0.25, 0.3) is 0 Å². The van der Waals surface area contributed by atoms with Crippen LogP contribution < -0.4 is 4.74 Å². The number of rotatable bonds is 2. The number of halogens is 3. The van der Waals surface area contributed by atoms with Gasteiger partial charge in [0, 0.05) is 23.1 Å². The topological polar surface area (TPSA) is 56.3 Å². The molecule has 0 aliphatic heterocycles. The van der Waals surface area contributed by atoms with Gasteiger partial charge in [0.1, 0.15) is 5.75 Å². The van der Waals surface area contributed by atoms with Gasteiger partial charge in [0.25, 0.3) is 0 Å². The van der Waals surface area contributed by atoms with Gasteiger partial charge < -0.3 is 4.74 Å². The number of methoxy groups -OCH3 is 1. The molecule has 110 valence electrons. The van der Waals surface area contributed by atoms with Crippen molar-refractivity contribution in [2.75, 3.05) is 13.4 Å². The Morgan fingerprint density at radius 3 is 1.84 bits per heavy atom. The van der Waals surface area contributed by atoms with Crippen LogP contribution in [0.5, 0.6) is 5.75 Å². The maximum atomic E-state index is 11.5. The van der Waals surface area contributed by atoms with Crippen molar-refractivity contribution in [1.82, 2.24) is 4.98 Å². The van der Waals surface area contributed by atoms with E-state index in [0.717, 1.165) is 11.8 Å². The summed E-state index contributed by atoms with van der Waals surface area (Å²) in [5.74, 6) is 0.600. The van der Waals surface area contributed by atoms with E-state index in [1.807, 2.05) is 6.92 Å². The minimum absolute atomic E-state index is 0.0995. The first-order chi connectivity index (χ1) is 8.52. The Bertz CT molecular complexity index is 547. The average Bonchev–Trinajstić information content (AvgIpc) is 2.22. The van der Waals surface area contributed by atoms with Gasteiger partial charge >= 0.3 is 64.9 Å². The van der Waals surface area contributed by atoms with E-state index >= 15 is 0 Å². The average molecular weight is 661 g/mol. The maximum absolute atomic E-state index is 11.5. The Hall–Kier alpha value is 1.67. The third kappa shape index (κ3) is 6.98. The first-order valence-corrected chi connectivity index (χ1v) is 20.4. The molecule has 9 heteroatoms. The summed E-state index contributed by atoms with van der Waals surface area (Å²) >= 11 is 7.39. The van der Waals surface area contributed by atoms with Gasteiger partial charge in [0.05, 0.1) is 7.11 Å². The number of sulfone groups is 1. The van der Waals surface area contributed by atoms with E-state index in [-0.39, 0.29) is 9.95 Å². The first kappa shape index (κ1) is 20.7. The molecule has 0 aliphatic rings. The summed E-state index contributed by atoms with van der Waals surface area (Å²) < 4.78 is 28.1. The van der Waals surface area contributed by atoms with Crippen LogP contribution in [0.1, 0.15) is 16.8 Å². The van der Waals surface area contributed by atoms with Crippen LogP contribution in [0.2, 0.25) is 0 Å². The van der Waals surface area contributed by atoms with Crippen molar-refractivity contribution in [3.8, 4) is 5.75 Å². The van der Waals surface area contributed by atoms with E-state index in [9.17, 15) is 8.42 Å². The molecule has 1 heterocycles. The molecule has 0 aliphatic carbocycles. The number of hydrogen-bond donors (Lipinski definition) is 0. The van der Waals surface area contributed by atoms with E-state index in [2.05, 4.69) is 64.9 Å². The van der Waals surface area contributed by atoms with Crippen LogP contribution in [-0.2, 0) is 14.8 Å². The monoisotopic (exact) mass is 661 g/mol. The summed E-state index contributed by atoms with van der Waals surface area (Å²) in [4.78, 5) is 3.81. The van der Waals surface area contributed by atoms with E-state index in [1.54, 1.807) is 13.8 Å². The zero-order chi connectivity index (χ0) is 15.4. The molecule has 0 aromatic carbocycles. The predicted molar refractivity (Wildman–Crippen MR) is 100 cm³/mol. The van der Waals surface area contributed by atoms with Crippen molar-refractivity contribution in [3.63, 3.8) is 0 Å². The normalized spacial score (nSPS) is 11.0. The molecule has 0 atom stereocenters. The van der Waals surface area contributed by atoms with E-state index in [1.165, 1.54) is 7.11 Å². The third-order valence-corrected chi connectivity index (χ3v) is 3.47. The Labute approximate surface area is 152 Å². The molecule has 0 fully saturated rings. The molecule has 1 rings (SSSR count). The molecule has 0 bridgehead atoms. The number of nitrogens with zero attached hydrogens (tertiary/aromatic N) is 1. The Morgan fingerprint density at radius 2 is 1.53 bits per heavy atom. The molecular weight excluding hydrogens is 646 g/mol. The minimum atomic E-state index is -3.30.